The number of nitrogens with one attached hydrogen (secondary N) is 2. The molecule has 2 aromatic rings. The Hall–Kier alpha value is -1.76. The van der Waals surface area contributed by atoms with E-state index in [9.17, 15) is 18.0 Å². The number of imidazole rings is 1. The molecule has 1 heterocycles. The molecule has 0 bridgehead atoms. The zero-order valence-electron chi connectivity index (χ0n) is 13.5. The molecular weight excluding hydrogens is 355 g/mol. The van der Waals surface area contributed by atoms with Crippen LogP contribution in [0.15, 0.2) is 18.2 Å². The summed E-state index contributed by atoms with van der Waals surface area (Å²) >= 11 is 5.91. The van der Waals surface area contributed by atoms with Crippen LogP contribution in [-0.2, 0) is 11.2 Å². The molecule has 1 aromatic heterocycles. The minimum atomic E-state index is -4.52. The van der Waals surface area contributed by atoms with E-state index in [-0.39, 0.29) is 19.4 Å². The monoisotopic (exact) mass is 373 g/mol. The normalized spacial score (nSPS) is 17.6. The summed E-state index contributed by atoms with van der Waals surface area (Å²) in [5, 5.41) is 3.03. The molecule has 4 nitrogen and oxygen atoms in total. The predicted octanol–water partition coefficient (Wildman–Crippen LogP) is 4.39. The van der Waals surface area contributed by atoms with Crippen LogP contribution in [-0.4, -0.2) is 28.6 Å². The topological polar surface area (TPSA) is 57.8 Å². The second-order valence-corrected chi connectivity index (χ2v) is 6.93. The van der Waals surface area contributed by atoms with Crippen molar-refractivity contribution in [2.75, 3.05) is 6.54 Å². The Bertz CT molecular complexity index is 766. The molecule has 8 heteroatoms. The maximum absolute atomic E-state index is 13.5. The lowest BCUT2D eigenvalue weighted by molar-refractivity contribution is -0.230. The number of nitrogens with zero attached hydrogens (tertiary/aromatic N) is 1. The van der Waals surface area contributed by atoms with Gasteiger partial charge in [0, 0.05) is 18.0 Å². The molecule has 0 aliphatic heterocycles. The first-order valence-electron chi connectivity index (χ1n) is 8.31. The van der Waals surface area contributed by atoms with Gasteiger partial charge in [-0.3, -0.25) is 4.79 Å². The van der Waals surface area contributed by atoms with Crippen LogP contribution in [0.5, 0.6) is 0 Å². The number of aromatic amines is 1. The summed E-state index contributed by atoms with van der Waals surface area (Å²) in [6.45, 7) is 0.101. The van der Waals surface area contributed by atoms with Crippen molar-refractivity contribution < 1.29 is 18.0 Å². The van der Waals surface area contributed by atoms with Gasteiger partial charge in [-0.2, -0.15) is 13.2 Å². The van der Waals surface area contributed by atoms with E-state index >= 15 is 0 Å². The molecule has 0 saturated heterocycles. The van der Waals surface area contributed by atoms with Crippen molar-refractivity contribution in [2.24, 2.45) is 5.41 Å². The van der Waals surface area contributed by atoms with Gasteiger partial charge >= 0.3 is 6.18 Å². The second kappa shape index (κ2) is 6.86. The maximum atomic E-state index is 13.5. The van der Waals surface area contributed by atoms with Gasteiger partial charge in [0.25, 0.3) is 0 Å². The van der Waals surface area contributed by atoms with Gasteiger partial charge in [-0.15, -0.1) is 0 Å². The lowest BCUT2D eigenvalue weighted by Gasteiger charge is -2.37. The molecule has 1 aliphatic carbocycles. The van der Waals surface area contributed by atoms with E-state index in [0.717, 1.165) is 17.5 Å². The number of aromatic nitrogens is 2. The number of H-pyrrole nitrogens is 1. The minimum Gasteiger partial charge on any atom is -0.355 e. The Balaban J connectivity index is 1.64. The van der Waals surface area contributed by atoms with E-state index in [4.69, 9.17) is 11.6 Å². The fraction of sp³-hybridized carbons (Fsp3) is 0.529. The van der Waals surface area contributed by atoms with Crippen molar-refractivity contribution in [3.8, 4) is 0 Å². The lowest BCUT2D eigenvalue weighted by Crippen LogP contribution is -2.52. The van der Waals surface area contributed by atoms with Crippen molar-refractivity contribution in [2.45, 2.75) is 44.7 Å². The number of carbonyl (C=O) groups excluding carboxylic acids is 1. The maximum Gasteiger partial charge on any atom is 0.403 e. The second-order valence-electron chi connectivity index (χ2n) is 6.49. The first-order chi connectivity index (χ1) is 11.8. The lowest BCUT2D eigenvalue weighted by atomic mass is 9.72. The number of rotatable bonds is 4. The number of hydrogen-bond acceptors (Lipinski definition) is 2. The van der Waals surface area contributed by atoms with Crippen LogP contribution in [0, 0.1) is 5.41 Å². The zero-order chi connectivity index (χ0) is 18.1. The molecule has 0 spiro atoms. The third-order valence-corrected chi connectivity index (χ3v) is 5.06. The van der Waals surface area contributed by atoms with Crippen LogP contribution in [0.3, 0.4) is 0 Å². The van der Waals surface area contributed by atoms with Gasteiger partial charge in [0.1, 0.15) is 11.2 Å². The van der Waals surface area contributed by atoms with Crippen LogP contribution in [0.2, 0.25) is 5.02 Å². The van der Waals surface area contributed by atoms with E-state index in [0.29, 0.717) is 30.1 Å². The molecular formula is C17H19ClF3N3O. The van der Waals surface area contributed by atoms with E-state index in [1.54, 1.807) is 18.2 Å². The molecule has 3 rings (SSSR count). The number of halogens is 4. The number of alkyl halides is 3. The fourth-order valence-electron chi connectivity index (χ4n) is 3.41. The van der Waals surface area contributed by atoms with Gasteiger partial charge in [0.2, 0.25) is 5.91 Å². The van der Waals surface area contributed by atoms with Gasteiger partial charge < -0.3 is 10.3 Å². The molecule has 25 heavy (non-hydrogen) atoms. The minimum absolute atomic E-state index is 0.101. The number of carbonyl (C=O) groups is 1. The Morgan fingerprint density at radius 1 is 1.28 bits per heavy atom. The Kier molecular flexibility index (Phi) is 4.95. The van der Waals surface area contributed by atoms with E-state index < -0.39 is 17.5 Å². The molecule has 136 valence electrons. The summed E-state index contributed by atoms with van der Waals surface area (Å²) in [5.74, 6) is -0.318. The summed E-state index contributed by atoms with van der Waals surface area (Å²) in [7, 11) is 0. The van der Waals surface area contributed by atoms with E-state index in [1.807, 2.05) is 0 Å². The first-order valence-corrected chi connectivity index (χ1v) is 8.69. The van der Waals surface area contributed by atoms with Crippen LogP contribution in [0.1, 0.15) is 37.9 Å². The molecule has 1 amide bonds. The SMILES string of the molecule is O=C(NCCc1nc2ccc(Cl)cc2[nH]1)C1(C(F)(F)F)CCCCC1. The van der Waals surface area contributed by atoms with Crippen LogP contribution in [0.4, 0.5) is 13.2 Å². The van der Waals surface area contributed by atoms with Gasteiger partial charge in [-0.1, -0.05) is 30.9 Å². The number of hydrogen-bond donors (Lipinski definition) is 2. The largest absolute Gasteiger partial charge is 0.403 e. The Morgan fingerprint density at radius 3 is 2.68 bits per heavy atom. The highest BCUT2D eigenvalue weighted by Crippen LogP contribution is 2.49. The predicted molar refractivity (Wildman–Crippen MR) is 89.4 cm³/mol. The first kappa shape index (κ1) is 18.0. The molecule has 1 aliphatic rings. The number of fused-ring (bicyclic) bond motifs is 1. The molecule has 0 atom stereocenters. The average molecular weight is 374 g/mol. The molecule has 1 aromatic carbocycles. The van der Waals surface area contributed by atoms with E-state index in [1.165, 1.54) is 0 Å². The Morgan fingerprint density at radius 2 is 2.00 bits per heavy atom. The van der Waals surface area contributed by atoms with E-state index in [2.05, 4.69) is 15.3 Å². The van der Waals surface area contributed by atoms with Crippen LogP contribution in [0.25, 0.3) is 11.0 Å². The van der Waals surface area contributed by atoms with Gasteiger partial charge in [-0.25, -0.2) is 4.98 Å². The van der Waals surface area contributed by atoms with Gasteiger partial charge in [0.15, 0.2) is 0 Å². The van der Waals surface area contributed by atoms with Crippen LogP contribution < -0.4 is 5.32 Å². The summed E-state index contributed by atoms with van der Waals surface area (Å²) in [5.41, 5.74) is -0.759. The fourth-order valence-corrected chi connectivity index (χ4v) is 3.58. The molecule has 1 fully saturated rings. The van der Waals surface area contributed by atoms with Crippen molar-refractivity contribution >= 4 is 28.5 Å². The summed E-state index contributed by atoms with van der Waals surface area (Å²) in [6, 6.07) is 5.20. The molecule has 0 unspecified atom stereocenters. The number of benzene rings is 1. The third kappa shape index (κ3) is 3.61. The van der Waals surface area contributed by atoms with Crippen LogP contribution >= 0.6 is 11.6 Å². The molecule has 1 saturated carbocycles. The summed E-state index contributed by atoms with van der Waals surface area (Å²) in [4.78, 5) is 19.7. The highest BCUT2D eigenvalue weighted by molar-refractivity contribution is 6.31. The quantitative estimate of drug-likeness (QED) is 0.835. The standard InChI is InChI=1S/C17H19ClF3N3O/c18-11-4-5-12-13(10-11)24-14(23-12)6-9-22-15(25)16(17(19,20)21)7-2-1-3-8-16/h4-5,10H,1-3,6-9H2,(H,22,25)(H,23,24). The smallest absolute Gasteiger partial charge is 0.355 e. The summed E-state index contributed by atoms with van der Waals surface area (Å²) in [6.07, 6.45) is -2.86. The van der Waals surface area contributed by atoms with Crippen molar-refractivity contribution in [1.82, 2.24) is 15.3 Å². The average Bonchev–Trinajstić information content (AvgIpc) is 2.96. The van der Waals surface area contributed by atoms with Gasteiger partial charge in [0.05, 0.1) is 11.0 Å². The molecule has 2 N–H and O–H groups in total. The summed E-state index contributed by atoms with van der Waals surface area (Å²) < 4.78 is 40.4. The highest BCUT2D eigenvalue weighted by Gasteiger charge is 2.59. The zero-order valence-corrected chi connectivity index (χ0v) is 14.3. The molecule has 0 radical (unpaired) electrons. The third-order valence-electron chi connectivity index (χ3n) is 4.82. The highest BCUT2D eigenvalue weighted by atomic mass is 35.5. The van der Waals surface area contributed by atoms with Gasteiger partial charge in [-0.05, 0) is 31.0 Å². The van der Waals surface area contributed by atoms with Crippen molar-refractivity contribution in [3.05, 3.63) is 29.0 Å². The van der Waals surface area contributed by atoms with Crippen molar-refractivity contribution in [3.63, 3.8) is 0 Å². The Labute approximate surface area is 148 Å². The van der Waals surface area contributed by atoms with Crippen molar-refractivity contribution in [1.29, 1.82) is 0 Å². The number of amides is 1.